The fourth-order valence-electron chi connectivity index (χ4n) is 2.03. The summed E-state index contributed by atoms with van der Waals surface area (Å²) in [6.45, 7) is 6.71. The average Bonchev–Trinajstić information content (AvgIpc) is 3.26. The summed E-state index contributed by atoms with van der Waals surface area (Å²) in [7, 11) is 0. The fraction of sp³-hybridized carbons (Fsp3) is 0.600. The Morgan fingerprint density at radius 3 is 2.74 bits per heavy atom. The number of pyridine rings is 1. The molecule has 1 heterocycles. The zero-order chi connectivity index (χ0) is 13.7. The SMILES string of the molecule is CCCNc1ccc(C(=O)N(CC)CC2CC2)cn1. The number of nitrogens with zero attached hydrogens (tertiary/aromatic N) is 2. The van der Waals surface area contributed by atoms with Crippen molar-refractivity contribution in [3.05, 3.63) is 23.9 Å². The van der Waals surface area contributed by atoms with Crippen molar-refractivity contribution in [2.24, 2.45) is 5.92 Å². The number of carbonyl (C=O) groups excluding carboxylic acids is 1. The summed E-state index contributed by atoms with van der Waals surface area (Å²) in [5.74, 6) is 1.66. The van der Waals surface area contributed by atoms with E-state index < -0.39 is 0 Å². The summed E-state index contributed by atoms with van der Waals surface area (Å²) >= 11 is 0. The number of aromatic nitrogens is 1. The third-order valence-corrected chi connectivity index (χ3v) is 3.41. The molecule has 0 aliphatic heterocycles. The molecular weight excluding hydrogens is 238 g/mol. The van der Waals surface area contributed by atoms with Crippen LogP contribution in [0.3, 0.4) is 0 Å². The Balaban J connectivity index is 1.96. The third-order valence-electron chi connectivity index (χ3n) is 3.41. The lowest BCUT2D eigenvalue weighted by Crippen LogP contribution is -2.32. The van der Waals surface area contributed by atoms with E-state index in [2.05, 4.69) is 17.2 Å². The number of nitrogens with one attached hydrogen (secondary N) is 1. The molecule has 2 rings (SSSR count). The van der Waals surface area contributed by atoms with E-state index in [9.17, 15) is 4.79 Å². The second-order valence-corrected chi connectivity index (χ2v) is 5.15. The van der Waals surface area contributed by atoms with Gasteiger partial charge in [-0.15, -0.1) is 0 Å². The molecule has 1 aliphatic carbocycles. The Labute approximate surface area is 115 Å². The smallest absolute Gasteiger partial charge is 0.255 e. The van der Waals surface area contributed by atoms with Gasteiger partial charge in [0.15, 0.2) is 0 Å². The van der Waals surface area contributed by atoms with Gasteiger partial charge in [-0.2, -0.15) is 0 Å². The Morgan fingerprint density at radius 1 is 1.42 bits per heavy atom. The predicted molar refractivity (Wildman–Crippen MR) is 77.3 cm³/mol. The highest BCUT2D eigenvalue weighted by Crippen LogP contribution is 2.30. The van der Waals surface area contributed by atoms with Crippen LogP contribution in [-0.2, 0) is 0 Å². The maximum atomic E-state index is 12.3. The lowest BCUT2D eigenvalue weighted by atomic mass is 10.2. The van der Waals surface area contributed by atoms with Crippen LogP contribution in [0.2, 0.25) is 0 Å². The Bertz CT molecular complexity index is 412. The monoisotopic (exact) mass is 261 g/mol. The lowest BCUT2D eigenvalue weighted by Gasteiger charge is -2.20. The van der Waals surface area contributed by atoms with Gasteiger partial charge in [-0.25, -0.2) is 4.98 Å². The molecule has 0 unspecified atom stereocenters. The quantitative estimate of drug-likeness (QED) is 0.821. The highest BCUT2D eigenvalue weighted by Gasteiger charge is 2.26. The summed E-state index contributed by atoms with van der Waals surface area (Å²) in [4.78, 5) is 18.5. The van der Waals surface area contributed by atoms with Gasteiger partial charge in [0.05, 0.1) is 5.56 Å². The Kier molecular flexibility index (Phi) is 4.77. The highest BCUT2D eigenvalue weighted by atomic mass is 16.2. The van der Waals surface area contributed by atoms with Crippen molar-refractivity contribution in [1.82, 2.24) is 9.88 Å². The van der Waals surface area contributed by atoms with Crippen LogP contribution in [-0.4, -0.2) is 35.4 Å². The lowest BCUT2D eigenvalue weighted by molar-refractivity contribution is 0.0756. The molecule has 0 atom stereocenters. The Morgan fingerprint density at radius 2 is 2.21 bits per heavy atom. The summed E-state index contributed by atoms with van der Waals surface area (Å²) in [6, 6.07) is 3.75. The summed E-state index contributed by atoms with van der Waals surface area (Å²) in [5, 5.41) is 3.21. The van der Waals surface area contributed by atoms with Crippen molar-refractivity contribution < 1.29 is 4.79 Å². The van der Waals surface area contributed by atoms with Gasteiger partial charge in [-0.3, -0.25) is 4.79 Å². The molecule has 4 heteroatoms. The van der Waals surface area contributed by atoms with E-state index in [4.69, 9.17) is 0 Å². The maximum absolute atomic E-state index is 12.3. The molecule has 104 valence electrons. The first-order valence-electron chi connectivity index (χ1n) is 7.23. The third kappa shape index (κ3) is 3.94. The van der Waals surface area contributed by atoms with E-state index in [1.54, 1.807) is 6.20 Å². The number of carbonyl (C=O) groups is 1. The Hall–Kier alpha value is -1.58. The molecule has 19 heavy (non-hydrogen) atoms. The fourth-order valence-corrected chi connectivity index (χ4v) is 2.03. The van der Waals surface area contributed by atoms with Gasteiger partial charge >= 0.3 is 0 Å². The molecule has 1 aromatic rings. The van der Waals surface area contributed by atoms with Gasteiger partial charge in [0.2, 0.25) is 0 Å². The number of rotatable bonds is 7. The van der Waals surface area contributed by atoms with Crippen LogP contribution in [0.1, 0.15) is 43.5 Å². The molecule has 1 amide bonds. The molecular formula is C15H23N3O. The van der Waals surface area contributed by atoms with Crippen LogP contribution in [0.4, 0.5) is 5.82 Å². The van der Waals surface area contributed by atoms with E-state index in [1.807, 2.05) is 24.0 Å². The van der Waals surface area contributed by atoms with Crippen molar-refractivity contribution >= 4 is 11.7 Å². The number of hydrogen-bond donors (Lipinski definition) is 1. The van der Waals surface area contributed by atoms with Crippen molar-refractivity contribution in [2.75, 3.05) is 25.0 Å². The molecule has 0 bridgehead atoms. The minimum Gasteiger partial charge on any atom is -0.370 e. The maximum Gasteiger partial charge on any atom is 0.255 e. The van der Waals surface area contributed by atoms with Crippen molar-refractivity contribution in [3.63, 3.8) is 0 Å². The molecule has 0 saturated heterocycles. The molecule has 1 aromatic heterocycles. The minimum absolute atomic E-state index is 0.101. The van der Waals surface area contributed by atoms with Gasteiger partial charge in [0.25, 0.3) is 5.91 Å². The number of hydrogen-bond acceptors (Lipinski definition) is 3. The first-order chi connectivity index (χ1) is 9.24. The van der Waals surface area contributed by atoms with Crippen LogP contribution in [0, 0.1) is 5.92 Å². The van der Waals surface area contributed by atoms with Gasteiger partial charge in [0.1, 0.15) is 5.82 Å². The molecule has 1 fully saturated rings. The van der Waals surface area contributed by atoms with Crippen molar-refractivity contribution in [2.45, 2.75) is 33.1 Å². The van der Waals surface area contributed by atoms with Crippen molar-refractivity contribution in [1.29, 1.82) is 0 Å². The summed E-state index contributed by atoms with van der Waals surface area (Å²) in [5.41, 5.74) is 0.685. The van der Waals surface area contributed by atoms with E-state index in [1.165, 1.54) is 12.8 Å². The molecule has 0 radical (unpaired) electrons. The largest absolute Gasteiger partial charge is 0.370 e. The zero-order valence-electron chi connectivity index (χ0n) is 11.9. The van der Waals surface area contributed by atoms with Gasteiger partial charge < -0.3 is 10.2 Å². The van der Waals surface area contributed by atoms with E-state index in [0.717, 1.165) is 37.8 Å². The van der Waals surface area contributed by atoms with Crippen molar-refractivity contribution in [3.8, 4) is 0 Å². The summed E-state index contributed by atoms with van der Waals surface area (Å²) in [6.07, 6.45) is 5.27. The first kappa shape index (κ1) is 13.8. The average molecular weight is 261 g/mol. The highest BCUT2D eigenvalue weighted by molar-refractivity contribution is 5.94. The van der Waals surface area contributed by atoms with E-state index in [-0.39, 0.29) is 5.91 Å². The van der Waals surface area contributed by atoms with E-state index >= 15 is 0 Å². The number of anilines is 1. The van der Waals surface area contributed by atoms with Crippen LogP contribution >= 0.6 is 0 Å². The standard InChI is InChI=1S/C15H23N3O/c1-3-9-16-14-8-7-13(10-17-14)15(19)18(4-2)11-12-5-6-12/h7-8,10,12H,3-6,9,11H2,1-2H3,(H,16,17). The van der Waals surface area contributed by atoms with E-state index in [0.29, 0.717) is 5.56 Å². The van der Waals surface area contributed by atoms with Crippen LogP contribution in [0.25, 0.3) is 0 Å². The predicted octanol–water partition coefficient (Wildman–Crippen LogP) is 2.78. The summed E-state index contributed by atoms with van der Waals surface area (Å²) < 4.78 is 0. The minimum atomic E-state index is 0.101. The topological polar surface area (TPSA) is 45.2 Å². The first-order valence-corrected chi connectivity index (χ1v) is 7.23. The molecule has 0 aromatic carbocycles. The number of amides is 1. The molecule has 1 N–H and O–H groups in total. The normalized spacial score (nSPS) is 14.2. The van der Waals surface area contributed by atoms with Crippen LogP contribution < -0.4 is 5.32 Å². The molecule has 4 nitrogen and oxygen atoms in total. The van der Waals surface area contributed by atoms with Crippen LogP contribution in [0.5, 0.6) is 0 Å². The van der Waals surface area contributed by atoms with Crippen LogP contribution in [0.15, 0.2) is 18.3 Å². The van der Waals surface area contributed by atoms with Gasteiger partial charge in [-0.1, -0.05) is 6.92 Å². The van der Waals surface area contributed by atoms with Gasteiger partial charge in [-0.05, 0) is 44.2 Å². The molecule has 1 aliphatic rings. The molecule has 0 spiro atoms. The van der Waals surface area contributed by atoms with Gasteiger partial charge in [0, 0.05) is 25.8 Å². The molecule has 1 saturated carbocycles. The second kappa shape index (κ2) is 6.55. The second-order valence-electron chi connectivity index (χ2n) is 5.15. The zero-order valence-corrected chi connectivity index (χ0v) is 11.9.